The highest BCUT2D eigenvalue weighted by atomic mass is 35.5. The van der Waals surface area contributed by atoms with Crippen molar-refractivity contribution in [3.05, 3.63) is 59.5 Å². The predicted octanol–water partition coefficient (Wildman–Crippen LogP) is 5.34. The molecule has 1 amide bonds. The monoisotopic (exact) mass is 408 g/mol. The summed E-state index contributed by atoms with van der Waals surface area (Å²) in [5.41, 5.74) is 5.39. The third-order valence-electron chi connectivity index (χ3n) is 5.67. The van der Waals surface area contributed by atoms with Gasteiger partial charge in [-0.2, -0.15) is 5.10 Å². The maximum Gasteiger partial charge on any atom is 0.217 e. The average Bonchev–Trinajstić information content (AvgIpc) is 3.03. The SMILES string of the molecule is CC(=O)N[C@H]1CCCC(c2[nH]nc(-c3ccc(Cl)cc3)c2-c2ccncc2)CC1. The summed E-state index contributed by atoms with van der Waals surface area (Å²) in [6.45, 7) is 1.59. The lowest BCUT2D eigenvalue weighted by molar-refractivity contribution is -0.119. The molecule has 1 aromatic carbocycles. The molecule has 3 aromatic rings. The molecule has 0 radical (unpaired) electrons. The average molecular weight is 409 g/mol. The fourth-order valence-electron chi connectivity index (χ4n) is 4.30. The quantitative estimate of drug-likeness (QED) is 0.572. The number of carbonyl (C=O) groups is 1. The lowest BCUT2D eigenvalue weighted by atomic mass is 9.89. The van der Waals surface area contributed by atoms with E-state index in [-0.39, 0.29) is 11.9 Å². The summed E-state index contributed by atoms with van der Waals surface area (Å²) in [6, 6.07) is 12.1. The number of halogens is 1. The predicted molar refractivity (Wildman–Crippen MR) is 116 cm³/mol. The number of carbonyl (C=O) groups excluding carboxylic acids is 1. The molecule has 2 atom stereocenters. The van der Waals surface area contributed by atoms with Crippen LogP contribution in [0.5, 0.6) is 0 Å². The molecule has 1 aliphatic carbocycles. The number of pyridine rings is 1. The molecule has 1 saturated carbocycles. The molecule has 4 rings (SSSR count). The van der Waals surface area contributed by atoms with Crippen LogP contribution in [0.1, 0.15) is 50.6 Å². The van der Waals surface area contributed by atoms with Crippen molar-refractivity contribution in [3.8, 4) is 22.4 Å². The van der Waals surface area contributed by atoms with Gasteiger partial charge >= 0.3 is 0 Å². The Hall–Kier alpha value is -2.66. The number of amides is 1. The van der Waals surface area contributed by atoms with Gasteiger partial charge in [-0.15, -0.1) is 0 Å². The first-order valence-corrected chi connectivity index (χ1v) is 10.5. The Morgan fingerprint density at radius 3 is 2.52 bits per heavy atom. The third kappa shape index (κ3) is 4.51. The second kappa shape index (κ2) is 8.78. The van der Waals surface area contributed by atoms with Crippen LogP contribution in [0.25, 0.3) is 22.4 Å². The molecule has 2 heterocycles. The van der Waals surface area contributed by atoms with E-state index in [1.54, 1.807) is 6.92 Å². The van der Waals surface area contributed by atoms with Crippen molar-refractivity contribution in [2.24, 2.45) is 0 Å². The van der Waals surface area contributed by atoms with Gasteiger partial charge in [-0.25, -0.2) is 0 Å². The molecule has 6 heteroatoms. The molecule has 1 aliphatic rings. The van der Waals surface area contributed by atoms with Gasteiger partial charge in [0.1, 0.15) is 5.69 Å². The van der Waals surface area contributed by atoms with Crippen LogP contribution < -0.4 is 5.32 Å². The topological polar surface area (TPSA) is 70.7 Å². The van der Waals surface area contributed by atoms with Gasteiger partial charge in [0.15, 0.2) is 0 Å². The van der Waals surface area contributed by atoms with Crippen molar-refractivity contribution in [2.45, 2.75) is 51.0 Å². The maximum absolute atomic E-state index is 11.5. The molecular formula is C23H25ClN4O. The van der Waals surface area contributed by atoms with E-state index in [0.717, 1.165) is 54.5 Å². The molecule has 2 N–H and O–H groups in total. The Morgan fingerprint density at radius 2 is 1.79 bits per heavy atom. The van der Waals surface area contributed by atoms with Gasteiger partial charge in [0, 0.05) is 53.1 Å². The number of hydrogen-bond acceptors (Lipinski definition) is 3. The van der Waals surface area contributed by atoms with E-state index < -0.39 is 0 Å². The lowest BCUT2D eigenvalue weighted by Gasteiger charge is -2.17. The first-order chi connectivity index (χ1) is 14.1. The number of nitrogens with one attached hydrogen (secondary N) is 2. The fraction of sp³-hybridized carbons (Fsp3) is 0.348. The first-order valence-electron chi connectivity index (χ1n) is 10.1. The first kappa shape index (κ1) is 19.6. The Morgan fingerprint density at radius 1 is 1.03 bits per heavy atom. The standard InChI is InChI=1S/C23H25ClN4O/c1-15(29)26-20-4-2-3-17(7-10-20)22-21(16-11-13-25-14-12-16)23(28-27-22)18-5-8-19(24)9-6-18/h5-6,8-9,11-14,17,20H,2-4,7,10H2,1H3,(H,26,29)(H,27,28)/t17?,20-/m0/s1. The summed E-state index contributed by atoms with van der Waals surface area (Å²) < 4.78 is 0. The van der Waals surface area contributed by atoms with Crippen LogP contribution in [0.4, 0.5) is 0 Å². The van der Waals surface area contributed by atoms with Crippen LogP contribution in [0, 0.1) is 0 Å². The molecule has 1 fully saturated rings. The van der Waals surface area contributed by atoms with Crippen molar-refractivity contribution in [3.63, 3.8) is 0 Å². The zero-order valence-electron chi connectivity index (χ0n) is 16.5. The second-order valence-corrected chi connectivity index (χ2v) is 8.14. The Labute approximate surface area is 175 Å². The summed E-state index contributed by atoms with van der Waals surface area (Å²) in [5.74, 6) is 0.433. The highest BCUT2D eigenvalue weighted by molar-refractivity contribution is 6.30. The van der Waals surface area contributed by atoms with Crippen molar-refractivity contribution in [1.29, 1.82) is 0 Å². The van der Waals surface area contributed by atoms with Crippen LogP contribution >= 0.6 is 11.6 Å². The second-order valence-electron chi connectivity index (χ2n) is 7.71. The smallest absolute Gasteiger partial charge is 0.217 e. The van der Waals surface area contributed by atoms with Crippen molar-refractivity contribution in [1.82, 2.24) is 20.5 Å². The zero-order chi connectivity index (χ0) is 20.2. The van der Waals surface area contributed by atoms with E-state index in [1.807, 2.05) is 48.8 Å². The number of aromatic amines is 1. The molecule has 5 nitrogen and oxygen atoms in total. The molecule has 29 heavy (non-hydrogen) atoms. The van der Waals surface area contributed by atoms with E-state index >= 15 is 0 Å². The van der Waals surface area contributed by atoms with Gasteiger partial charge in [-0.3, -0.25) is 14.9 Å². The third-order valence-corrected chi connectivity index (χ3v) is 5.92. The summed E-state index contributed by atoms with van der Waals surface area (Å²) in [6.07, 6.45) is 8.83. The Kier molecular flexibility index (Phi) is 5.95. The minimum atomic E-state index is 0.0532. The molecule has 150 valence electrons. The lowest BCUT2D eigenvalue weighted by Crippen LogP contribution is -2.32. The number of hydrogen-bond donors (Lipinski definition) is 2. The number of H-pyrrole nitrogens is 1. The summed E-state index contributed by atoms with van der Waals surface area (Å²) in [4.78, 5) is 15.6. The van der Waals surface area contributed by atoms with Crippen LogP contribution in [0.15, 0.2) is 48.8 Å². The summed E-state index contributed by atoms with van der Waals surface area (Å²) in [5, 5.41) is 11.9. The van der Waals surface area contributed by atoms with E-state index in [9.17, 15) is 4.79 Å². The van der Waals surface area contributed by atoms with Gasteiger partial charge < -0.3 is 5.32 Å². The van der Waals surface area contributed by atoms with Gasteiger partial charge in [-0.05, 0) is 55.5 Å². The van der Waals surface area contributed by atoms with Gasteiger partial charge in [0.05, 0.1) is 0 Å². The van der Waals surface area contributed by atoms with Crippen LogP contribution in [-0.2, 0) is 4.79 Å². The number of rotatable bonds is 4. The minimum Gasteiger partial charge on any atom is -0.354 e. The fourth-order valence-corrected chi connectivity index (χ4v) is 4.43. The van der Waals surface area contributed by atoms with E-state index in [1.165, 1.54) is 5.69 Å². The molecule has 2 aromatic heterocycles. The van der Waals surface area contributed by atoms with E-state index in [0.29, 0.717) is 10.9 Å². The minimum absolute atomic E-state index is 0.0532. The number of benzene rings is 1. The van der Waals surface area contributed by atoms with Gasteiger partial charge in [-0.1, -0.05) is 30.2 Å². The summed E-state index contributed by atoms with van der Waals surface area (Å²) in [7, 11) is 0. The molecular weight excluding hydrogens is 384 g/mol. The van der Waals surface area contributed by atoms with Gasteiger partial charge in [0.25, 0.3) is 0 Å². The molecule has 0 spiro atoms. The van der Waals surface area contributed by atoms with Crippen LogP contribution in [0.2, 0.25) is 5.02 Å². The van der Waals surface area contributed by atoms with Gasteiger partial charge in [0.2, 0.25) is 5.91 Å². The van der Waals surface area contributed by atoms with E-state index in [2.05, 4.69) is 15.4 Å². The zero-order valence-corrected chi connectivity index (χ0v) is 17.2. The molecule has 0 bridgehead atoms. The highest BCUT2D eigenvalue weighted by Gasteiger charge is 2.26. The van der Waals surface area contributed by atoms with Crippen LogP contribution in [0.3, 0.4) is 0 Å². The Balaban J connectivity index is 1.70. The maximum atomic E-state index is 11.5. The number of aromatic nitrogens is 3. The Bertz CT molecular complexity index is 968. The van der Waals surface area contributed by atoms with Crippen molar-refractivity contribution in [2.75, 3.05) is 0 Å². The largest absolute Gasteiger partial charge is 0.354 e. The highest BCUT2D eigenvalue weighted by Crippen LogP contribution is 2.41. The summed E-state index contributed by atoms with van der Waals surface area (Å²) >= 11 is 6.08. The molecule has 0 aliphatic heterocycles. The molecule has 1 unspecified atom stereocenters. The normalized spacial score (nSPS) is 19.5. The van der Waals surface area contributed by atoms with Crippen molar-refractivity contribution < 1.29 is 4.79 Å². The molecule has 0 saturated heterocycles. The van der Waals surface area contributed by atoms with Crippen LogP contribution in [-0.4, -0.2) is 27.1 Å². The van der Waals surface area contributed by atoms with E-state index in [4.69, 9.17) is 16.7 Å². The number of nitrogens with zero attached hydrogens (tertiary/aromatic N) is 2. The van der Waals surface area contributed by atoms with Crippen molar-refractivity contribution >= 4 is 17.5 Å².